The second kappa shape index (κ2) is 15.0. The average molecular weight is 726 g/mol. The normalized spacial score (nSPS) is 11.2. The van der Waals surface area contributed by atoms with E-state index < -0.39 is 0 Å². The fraction of sp³-hybridized carbons (Fsp3) is 0. The van der Waals surface area contributed by atoms with E-state index in [1.165, 1.54) is 71.6 Å². The van der Waals surface area contributed by atoms with Gasteiger partial charge in [0.25, 0.3) is 0 Å². The van der Waals surface area contributed by atoms with E-state index in [0.717, 1.165) is 22.6 Å². The van der Waals surface area contributed by atoms with Crippen molar-refractivity contribution in [3.05, 3.63) is 237 Å². The molecule has 0 heterocycles. The van der Waals surface area contributed by atoms with Crippen LogP contribution in [0.3, 0.4) is 0 Å². The summed E-state index contributed by atoms with van der Waals surface area (Å²) in [4.78, 5) is 2.43. The summed E-state index contributed by atoms with van der Waals surface area (Å²) in [7, 11) is 0. The van der Waals surface area contributed by atoms with Gasteiger partial charge in [-0.15, -0.1) is 0 Å². The monoisotopic (exact) mass is 725 g/mol. The molecule has 268 valence electrons. The van der Waals surface area contributed by atoms with Gasteiger partial charge in [-0.1, -0.05) is 200 Å². The van der Waals surface area contributed by atoms with Crippen molar-refractivity contribution in [3.63, 3.8) is 0 Å². The number of nitrogens with zero attached hydrogens (tertiary/aromatic N) is 1. The first-order chi connectivity index (χ1) is 28.3. The van der Waals surface area contributed by atoms with Gasteiger partial charge in [0.15, 0.2) is 0 Å². The summed E-state index contributed by atoms with van der Waals surface area (Å²) >= 11 is 0. The smallest absolute Gasteiger partial charge is 0.0540 e. The summed E-state index contributed by atoms with van der Waals surface area (Å²) in [5, 5.41) is 4.98. The molecule has 0 bridgehead atoms. The Morgan fingerprint density at radius 2 is 0.737 bits per heavy atom. The lowest BCUT2D eigenvalue weighted by molar-refractivity contribution is 1.28. The van der Waals surface area contributed by atoms with Crippen molar-refractivity contribution in [1.82, 2.24) is 0 Å². The van der Waals surface area contributed by atoms with Crippen LogP contribution in [-0.4, -0.2) is 0 Å². The van der Waals surface area contributed by atoms with E-state index in [4.69, 9.17) is 0 Å². The van der Waals surface area contributed by atoms with Gasteiger partial charge in [-0.3, -0.25) is 0 Å². The second-order valence-electron chi connectivity index (χ2n) is 14.5. The molecule has 0 atom stereocenters. The number of benzene rings is 10. The van der Waals surface area contributed by atoms with Crippen LogP contribution in [0.1, 0.15) is 0 Å². The molecular weight excluding hydrogens is 687 g/mol. The van der Waals surface area contributed by atoms with Gasteiger partial charge in [-0.05, 0) is 108 Å². The summed E-state index contributed by atoms with van der Waals surface area (Å²) < 4.78 is 0. The van der Waals surface area contributed by atoms with Gasteiger partial charge in [-0.25, -0.2) is 0 Å². The Morgan fingerprint density at radius 1 is 0.246 bits per heavy atom. The van der Waals surface area contributed by atoms with Crippen molar-refractivity contribution < 1.29 is 0 Å². The number of rotatable bonds is 8. The molecule has 57 heavy (non-hydrogen) atoms. The molecule has 0 saturated carbocycles. The molecule has 0 aromatic heterocycles. The van der Waals surface area contributed by atoms with Crippen LogP contribution < -0.4 is 4.90 Å². The van der Waals surface area contributed by atoms with Gasteiger partial charge in [0.05, 0.1) is 5.69 Å². The van der Waals surface area contributed by atoms with E-state index in [-0.39, 0.29) is 0 Å². The van der Waals surface area contributed by atoms with Gasteiger partial charge in [0.1, 0.15) is 0 Å². The van der Waals surface area contributed by atoms with Crippen molar-refractivity contribution >= 4 is 38.6 Å². The lowest BCUT2D eigenvalue weighted by Crippen LogP contribution is -2.11. The van der Waals surface area contributed by atoms with E-state index in [1.54, 1.807) is 0 Å². The van der Waals surface area contributed by atoms with Crippen LogP contribution in [-0.2, 0) is 0 Å². The third-order valence-corrected chi connectivity index (χ3v) is 11.1. The van der Waals surface area contributed by atoms with E-state index in [1.807, 2.05) is 0 Å². The zero-order chi connectivity index (χ0) is 38.0. The highest BCUT2D eigenvalue weighted by atomic mass is 15.1. The average Bonchev–Trinajstić information content (AvgIpc) is 3.30. The molecule has 1 nitrogen and oxygen atoms in total. The Balaban J connectivity index is 1.18. The third-order valence-electron chi connectivity index (χ3n) is 11.1. The maximum absolute atomic E-state index is 2.43. The molecule has 0 spiro atoms. The van der Waals surface area contributed by atoms with Gasteiger partial charge < -0.3 is 4.90 Å². The first-order valence-electron chi connectivity index (χ1n) is 19.6. The molecule has 10 aromatic rings. The minimum absolute atomic E-state index is 1.09. The first kappa shape index (κ1) is 34.0. The van der Waals surface area contributed by atoms with Crippen LogP contribution in [0.25, 0.3) is 77.2 Å². The SMILES string of the molecule is c1ccc(-c2ccc(N(c3ccc(-c4cccc5ccccc45)cc3)c3cccc(-c4cccc5cccc(-c6ccccc6)c45)c3)c(-c3ccccc3)c2)cc1. The predicted molar refractivity (Wildman–Crippen MR) is 243 cm³/mol. The van der Waals surface area contributed by atoms with Gasteiger partial charge >= 0.3 is 0 Å². The van der Waals surface area contributed by atoms with Crippen LogP contribution in [0, 0.1) is 0 Å². The lowest BCUT2D eigenvalue weighted by Gasteiger charge is -2.29. The van der Waals surface area contributed by atoms with Crippen molar-refractivity contribution in [3.8, 4) is 55.6 Å². The molecule has 0 N–H and O–H groups in total. The quantitative estimate of drug-likeness (QED) is 0.151. The molecule has 0 aliphatic heterocycles. The highest BCUT2D eigenvalue weighted by molar-refractivity contribution is 6.07. The Hall–Kier alpha value is -7.48. The molecule has 10 aromatic carbocycles. The molecule has 0 fully saturated rings. The maximum Gasteiger partial charge on any atom is 0.0540 e. The van der Waals surface area contributed by atoms with Crippen LogP contribution in [0.2, 0.25) is 0 Å². The van der Waals surface area contributed by atoms with E-state index in [0.29, 0.717) is 0 Å². The Labute approximate surface area is 334 Å². The molecule has 10 rings (SSSR count). The van der Waals surface area contributed by atoms with Crippen molar-refractivity contribution in [2.45, 2.75) is 0 Å². The number of hydrogen-bond acceptors (Lipinski definition) is 1. The number of anilines is 3. The Kier molecular flexibility index (Phi) is 8.95. The molecular formula is C56H39N. The van der Waals surface area contributed by atoms with E-state index in [9.17, 15) is 0 Å². The van der Waals surface area contributed by atoms with Crippen molar-refractivity contribution in [2.24, 2.45) is 0 Å². The topological polar surface area (TPSA) is 3.24 Å². The van der Waals surface area contributed by atoms with Crippen LogP contribution >= 0.6 is 0 Å². The Morgan fingerprint density at radius 3 is 1.44 bits per heavy atom. The zero-order valence-electron chi connectivity index (χ0n) is 31.5. The van der Waals surface area contributed by atoms with Gasteiger partial charge in [-0.2, -0.15) is 0 Å². The molecule has 0 unspecified atom stereocenters. The summed E-state index contributed by atoms with van der Waals surface area (Å²) in [5.74, 6) is 0. The molecule has 0 aliphatic rings. The fourth-order valence-corrected chi connectivity index (χ4v) is 8.34. The standard InChI is InChI=1S/C56H39N/c1-4-16-40(17-5-1)46-34-37-55(54(39-46)43-20-8-3-9-21-43)57(48-35-32-44(33-36-48)51-29-13-23-41-22-10-11-28-50(41)51)49-27-12-26-47(38-49)53-31-15-25-45-24-14-30-52(56(45)53)42-18-6-2-7-19-42/h1-39H. The number of fused-ring (bicyclic) bond motifs is 2. The first-order valence-corrected chi connectivity index (χ1v) is 19.6. The summed E-state index contributed by atoms with van der Waals surface area (Å²) in [5.41, 5.74) is 15.2. The largest absolute Gasteiger partial charge is 0.310 e. The zero-order valence-corrected chi connectivity index (χ0v) is 31.5. The van der Waals surface area contributed by atoms with Crippen LogP contribution in [0.15, 0.2) is 237 Å². The summed E-state index contributed by atoms with van der Waals surface area (Å²) in [6, 6.07) is 85.7. The van der Waals surface area contributed by atoms with E-state index >= 15 is 0 Å². The minimum Gasteiger partial charge on any atom is -0.310 e. The molecule has 0 saturated heterocycles. The molecule has 1 heteroatoms. The highest BCUT2D eigenvalue weighted by Gasteiger charge is 2.20. The molecule has 0 amide bonds. The summed E-state index contributed by atoms with van der Waals surface area (Å²) in [6.07, 6.45) is 0. The van der Waals surface area contributed by atoms with Gasteiger partial charge in [0, 0.05) is 16.9 Å². The van der Waals surface area contributed by atoms with E-state index in [2.05, 4.69) is 241 Å². The van der Waals surface area contributed by atoms with Crippen LogP contribution in [0.5, 0.6) is 0 Å². The molecule has 0 radical (unpaired) electrons. The van der Waals surface area contributed by atoms with Gasteiger partial charge in [0.2, 0.25) is 0 Å². The fourth-order valence-electron chi connectivity index (χ4n) is 8.34. The maximum atomic E-state index is 2.43. The van der Waals surface area contributed by atoms with Crippen molar-refractivity contribution in [1.29, 1.82) is 0 Å². The third kappa shape index (κ3) is 6.56. The molecule has 0 aliphatic carbocycles. The predicted octanol–water partition coefficient (Wildman–Crippen LogP) is 15.8. The summed E-state index contributed by atoms with van der Waals surface area (Å²) in [6.45, 7) is 0. The highest BCUT2D eigenvalue weighted by Crippen LogP contribution is 2.45. The Bertz CT molecular complexity index is 2980. The van der Waals surface area contributed by atoms with Crippen molar-refractivity contribution in [2.75, 3.05) is 4.90 Å². The minimum atomic E-state index is 1.09. The number of hydrogen-bond donors (Lipinski definition) is 0. The van der Waals surface area contributed by atoms with Crippen LogP contribution in [0.4, 0.5) is 17.1 Å². The second-order valence-corrected chi connectivity index (χ2v) is 14.5. The lowest BCUT2D eigenvalue weighted by atomic mass is 9.91.